The fourth-order valence-corrected chi connectivity index (χ4v) is 3.92. The number of benzene rings is 1. The zero-order valence-electron chi connectivity index (χ0n) is 11.6. The molecule has 0 atom stereocenters. The molecule has 1 aromatic heterocycles. The molecule has 0 amide bonds. The van der Waals surface area contributed by atoms with Crippen LogP contribution in [0.4, 0.5) is 5.69 Å². The largest absolute Gasteiger partial charge is 0.490 e. The molecule has 0 saturated heterocycles. The summed E-state index contributed by atoms with van der Waals surface area (Å²) < 4.78 is 32.9. The zero-order valence-corrected chi connectivity index (χ0v) is 13.2. The second-order valence-electron chi connectivity index (χ2n) is 4.80. The van der Waals surface area contributed by atoms with E-state index in [1.807, 2.05) is 29.5 Å². The lowest BCUT2D eigenvalue weighted by Crippen LogP contribution is -2.29. The highest BCUT2D eigenvalue weighted by molar-refractivity contribution is 7.89. The Balaban J connectivity index is 1.83. The first-order valence-electron chi connectivity index (χ1n) is 6.56. The molecule has 0 fully saturated rings. The standard InChI is InChI=1S/C14H16N2O3S2/c1-16-6-7-19-14-5-4-12(9-13(14)16)21(17,18)15-10-11-3-2-8-20-11/h2-5,8-9,15H,6-7,10H2,1H3. The Kier molecular flexibility index (Phi) is 3.88. The quantitative estimate of drug-likeness (QED) is 0.935. The minimum absolute atomic E-state index is 0.259. The first kappa shape index (κ1) is 14.4. The van der Waals surface area contributed by atoms with E-state index < -0.39 is 10.0 Å². The molecule has 0 saturated carbocycles. The Hall–Kier alpha value is -1.57. The Morgan fingerprint density at radius 1 is 1.38 bits per heavy atom. The molecule has 0 bridgehead atoms. The fraction of sp³-hybridized carbons (Fsp3) is 0.286. The van der Waals surface area contributed by atoms with Crippen LogP contribution in [0.15, 0.2) is 40.6 Å². The molecule has 3 rings (SSSR count). The number of thiophene rings is 1. The predicted octanol–water partition coefficient (Wildman–Crippen LogP) is 2.06. The Morgan fingerprint density at radius 3 is 3.00 bits per heavy atom. The lowest BCUT2D eigenvalue weighted by Gasteiger charge is -2.28. The van der Waals surface area contributed by atoms with Crippen molar-refractivity contribution in [2.24, 2.45) is 0 Å². The summed E-state index contributed by atoms with van der Waals surface area (Å²) in [5.41, 5.74) is 0.806. The van der Waals surface area contributed by atoms with Crippen molar-refractivity contribution < 1.29 is 13.2 Å². The second-order valence-corrected chi connectivity index (χ2v) is 7.60. The van der Waals surface area contributed by atoms with Gasteiger partial charge in [-0.1, -0.05) is 6.07 Å². The van der Waals surface area contributed by atoms with Gasteiger partial charge in [0.05, 0.1) is 17.1 Å². The monoisotopic (exact) mass is 324 g/mol. The van der Waals surface area contributed by atoms with E-state index in [4.69, 9.17) is 4.74 Å². The molecule has 21 heavy (non-hydrogen) atoms. The van der Waals surface area contributed by atoms with E-state index in [0.29, 0.717) is 13.2 Å². The van der Waals surface area contributed by atoms with Crippen molar-refractivity contribution in [1.29, 1.82) is 0 Å². The van der Waals surface area contributed by atoms with E-state index in [9.17, 15) is 8.42 Å². The van der Waals surface area contributed by atoms with E-state index in [0.717, 1.165) is 22.9 Å². The minimum Gasteiger partial charge on any atom is -0.490 e. The highest BCUT2D eigenvalue weighted by Gasteiger charge is 2.20. The molecule has 0 aliphatic carbocycles. The van der Waals surface area contributed by atoms with Crippen LogP contribution >= 0.6 is 11.3 Å². The summed E-state index contributed by atoms with van der Waals surface area (Å²) in [6, 6.07) is 8.76. The van der Waals surface area contributed by atoms with Gasteiger partial charge in [0.25, 0.3) is 0 Å². The van der Waals surface area contributed by atoms with Crippen molar-refractivity contribution in [2.45, 2.75) is 11.4 Å². The molecule has 2 heterocycles. The molecular weight excluding hydrogens is 308 g/mol. The average Bonchev–Trinajstić information content (AvgIpc) is 2.99. The van der Waals surface area contributed by atoms with Gasteiger partial charge in [0.15, 0.2) is 0 Å². The number of hydrogen-bond donors (Lipinski definition) is 1. The molecule has 1 aromatic carbocycles. The third-order valence-electron chi connectivity index (χ3n) is 3.35. The first-order valence-corrected chi connectivity index (χ1v) is 8.92. The van der Waals surface area contributed by atoms with Crippen LogP contribution in [0, 0.1) is 0 Å². The van der Waals surface area contributed by atoms with Gasteiger partial charge in [-0.25, -0.2) is 13.1 Å². The maximum Gasteiger partial charge on any atom is 0.240 e. The summed E-state index contributed by atoms with van der Waals surface area (Å²) in [5.74, 6) is 0.723. The zero-order chi connectivity index (χ0) is 14.9. The molecule has 5 nitrogen and oxygen atoms in total. The van der Waals surface area contributed by atoms with Crippen molar-refractivity contribution >= 4 is 27.0 Å². The van der Waals surface area contributed by atoms with Crippen LogP contribution < -0.4 is 14.4 Å². The number of fused-ring (bicyclic) bond motifs is 1. The third kappa shape index (κ3) is 3.04. The van der Waals surface area contributed by atoms with Crippen LogP contribution in [-0.2, 0) is 16.6 Å². The van der Waals surface area contributed by atoms with Gasteiger partial charge in [0.1, 0.15) is 12.4 Å². The van der Waals surface area contributed by atoms with E-state index in [1.165, 1.54) is 11.3 Å². The van der Waals surface area contributed by atoms with E-state index in [2.05, 4.69) is 4.72 Å². The highest BCUT2D eigenvalue weighted by Crippen LogP contribution is 2.32. The van der Waals surface area contributed by atoms with Gasteiger partial charge in [-0.15, -0.1) is 11.3 Å². The number of anilines is 1. The van der Waals surface area contributed by atoms with Crippen LogP contribution in [0.25, 0.3) is 0 Å². The first-order chi connectivity index (χ1) is 10.1. The number of sulfonamides is 1. The molecule has 7 heteroatoms. The Morgan fingerprint density at radius 2 is 2.24 bits per heavy atom. The van der Waals surface area contributed by atoms with Gasteiger partial charge < -0.3 is 9.64 Å². The number of likely N-dealkylation sites (N-methyl/N-ethyl adjacent to an activating group) is 1. The second kappa shape index (κ2) is 5.67. The Labute approximate surface area is 128 Å². The van der Waals surface area contributed by atoms with Gasteiger partial charge in [-0.2, -0.15) is 0 Å². The van der Waals surface area contributed by atoms with Crippen LogP contribution in [0.1, 0.15) is 4.88 Å². The van der Waals surface area contributed by atoms with Crippen molar-refractivity contribution in [2.75, 3.05) is 25.1 Å². The minimum atomic E-state index is -3.52. The number of ether oxygens (including phenoxy) is 1. The van der Waals surface area contributed by atoms with Crippen LogP contribution in [0.5, 0.6) is 5.75 Å². The van der Waals surface area contributed by atoms with E-state index in [-0.39, 0.29) is 4.90 Å². The van der Waals surface area contributed by atoms with Crippen LogP contribution in [-0.4, -0.2) is 28.6 Å². The summed E-state index contributed by atoms with van der Waals surface area (Å²) in [6.07, 6.45) is 0. The molecule has 0 radical (unpaired) electrons. The van der Waals surface area contributed by atoms with Crippen molar-refractivity contribution in [3.8, 4) is 5.75 Å². The fourth-order valence-electron chi connectivity index (χ4n) is 2.16. The lowest BCUT2D eigenvalue weighted by molar-refractivity contribution is 0.311. The summed E-state index contributed by atoms with van der Waals surface area (Å²) in [4.78, 5) is 3.24. The predicted molar refractivity (Wildman–Crippen MR) is 83.6 cm³/mol. The molecule has 2 aromatic rings. The third-order valence-corrected chi connectivity index (χ3v) is 5.63. The number of nitrogens with one attached hydrogen (secondary N) is 1. The van der Waals surface area contributed by atoms with Gasteiger partial charge >= 0.3 is 0 Å². The van der Waals surface area contributed by atoms with Gasteiger partial charge in [0, 0.05) is 18.5 Å². The maximum atomic E-state index is 12.4. The average molecular weight is 324 g/mol. The van der Waals surface area contributed by atoms with Crippen molar-refractivity contribution in [3.63, 3.8) is 0 Å². The normalized spacial score (nSPS) is 14.6. The summed E-state index contributed by atoms with van der Waals surface area (Å²) >= 11 is 1.53. The molecule has 112 valence electrons. The SMILES string of the molecule is CN1CCOc2ccc(S(=O)(=O)NCc3cccs3)cc21. The molecule has 1 aliphatic rings. The molecule has 1 N–H and O–H groups in total. The van der Waals surface area contributed by atoms with Gasteiger partial charge in [-0.3, -0.25) is 0 Å². The highest BCUT2D eigenvalue weighted by atomic mass is 32.2. The van der Waals surface area contributed by atoms with Gasteiger partial charge in [0.2, 0.25) is 10.0 Å². The van der Waals surface area contributed by atoms with Crippen LogP contribution in [0.3, 0.4) is 0 Å². The number of hydrogen-bond acceptors (Lipinski definition) is 5. The lowest BCUT2D eigenvalue weighted by atomic mass is 10.2. The van der Waals surface area contributed by atoms with E-state index in [1.54, 1.807) is 18.2 Å². The summed E-state index contributed by atoms with van der Waals surface area (Å²) in [5, 5.41) is 1.93. The summed E-state index contributed by atoms with van der Waals surface area (Å²) in [6.45, 7) is 1.68. The molecule has 0 spiro atoms. The van der Waals surface area contributed by atoms with Crippen LogP contribution in [0.2, 0.25) is 0 Å². The van der Waals surface area contributed by atoms with Crippen molar-refractivity contribution in [1.82, 2.24) is 4.72 Å². The topological polar surface area (TPSA) is 58.6 Å². The van der Waals surface area contributed by atoms with E-state index >= 15 is 0 Å². The maximum absolute atomic E-state index is 12.4. The molecule has 1 aliphatic heterocycles. The number of nitrogens with zero attached hydrogens (tertiary/aromatic N) is 1. The Bertz CT molecular complexity index is 727. The molecular formula is C14H16N2O3S2. The van der Waals surface area contributed by atoms with Gasteiger partial charge in [-0.05, 0) is 29.6 Å². The summed E-state index contributed by atoms with van der Waals surface area (Å²) in [7, 11) is -1.59. The number of rotatable bonds is 4. The van der Waals surface area contributed by atoms with Crippen molar-refractivity contribution in [3.05, 3.63) is 40.6 Å². The molecule has 0 unspecified atom stereocenters. The smallest absolute Gasteiger partial charge is 0.240 e.